The van der Waals surface area contributed by atoms with Crippen molar-refractivity contribution in [3.05, 3.63) is 0 Å². The Kier molecular flexibility index (Phi) is 2.86. The first-order valence-corrected chi connectivity index (χ1v) is 6.22. The van der Waals surface area contributed by atoms with Crippen molar-refractivity contribution in [2.45, 2.75) is 44.7 Å². The standard InChI is InChI=1S/C12H23N3O/c1-12(2,8-13)15-7-10(9-5-4-6-9)14(3)11(15)16/h9-10H,4-8,13H2,1-3H3. The predicted molar refractivity (Wildman–Crippen MR) is 64.1 cm³/mol. The highest BCUT2D eigenvalue weighted by Crippen LogP contribution is 2.36. The molecule has 1 saturated carbocycles. The maximum absolute atomic E-state index is 12.2. The third-order valence-electron chi connectivity index (χ3n) is 4.32. The fraction of sp³-hybridized carbons (Fsp3) is 0.917. The lowest BCUT2D eigenvalue weighted by Gasteiger charge is -2.35. The van der Waals surface area contributed by atoms with Crippen molar-refractivity contribution < 1.29 is 4.79 Å². The summed E-state index contributed by atoms with van der Waals surface area (Å²) < 4.78 is 0. The fourth-order valence-corrected chi connectivity index (χ4v) is 2.63. The van der Waals surface area contributed by atoms with Gasteiger partial charge < -0.3 is 15.5 Å². The van der Waals surface area contributed by atoms with Gasteiger partial charge in [-0.2, -0.15) is 0 Å². The third-order valence-corrected chi connectivity index (χ3v) is 4.32. The number of urea groups is 1. The molecule has 2 fully saturated rings. The van der Waals surface area contributed by atoms with Crippen molar-refractivity contribution in [2.24, 2.45) is 11.7 Å². The summed E-state index contributed by atoms with van der Waals surface area (Å²) in [4.78, 5) is 16.0. The van der Waals surface area contributed by atoms with Gasteiger partial charge in [-0.3, -0.25) is 0 Å². The number of carbonyl (C=O) groups is 1. The van der Waals surface area contributed by atoms with Crippen LogP contribution in [0.2, 0.25) is 0 Å². The highest BCUT2D eigenvalue weighted by Gasteiger charge is 2.45. The Labute approximate surface area is 97.8 Å². The molecule has 0 spiro atoms. The maximum Gasteiger partial charge on any atom is 0.320 e. The van der Waals surface area contributed by atoms with Gasteiger partial charge in [0.2, 0.25) is 0 Å². The van der Waals surface area contributed by atoms with Crippen molar-refractivity contribution in [2.75, 3.05) is 20.1 Å². The van der Waals surface area contributed by atoms with E-state index < -0.39 is 0 Å². The predicted octanol–water partition coefficient (Wildman–Crippen LogP) is 1.26. The van der Waals surface area contributed by atoms with E-state index in [-0.39, 0.29) is 11.6 Å². The number of hydrogen-bond acceptors (Lipinski definition) is 2. The average Bonchev–Trinajstić information content (AvgIpc) is 2.44. The van der Waals surface area contributed by atoms with Crippen LogP contribution in [-0.4, -0.2) is 47.5 Å². The SMILES string of the molecule is CN1C(=O)N(C(C)(C)CN)CC1C1CCC1. The molecule has 0 aromatic rings. The van der Waals surface area contributed by atoms with Crippen molar-refractivity contribution in [3.63, 3.8) is 0 Å². The normalized spacial score (nSPS) is 27.5. The van der Waals surface area contributed by atoms with E-state index >= 15 is 0 Å². The van der Waals surface area contributed by atoms with E-state index in [0.29, 0.717) is 18.5 Å². The summed E-state index contributed by atoms with van der Waals surface area (Å²) in [6.07, 6.45) is 3.88. The molecule has 1 aliphatic heterocycles. The summed E-state index contributed by atoms with van der Waals surface area (Å²) in [7, 11) is 1.93. The monoisotopic (exact) mass is 225 g/mol. The third kappa shape index (κ3) is 1.69. The van der Waals surface area contributed by atoms with Gasteiger partial charge in [-0.1, -0.05) is 6.42 Å². The fourth-order valence-electron chi connectivity index (χ4n) is 2.63. The zero-order chi connectivity index (χ0) is 11.9. The molecule has 0 radical (unpaired) electrons. The summed E-state index contributed by atoms with van der Waals surface area (Å²) in [5.74, 6) is 0.715. The lowest BCUT2D eigenvalue weighted by molar-refractivity contribution is 0.154. The van der Waals surface area contributed by atoms with Crippen molar-refractivity contribution in [1.29, 1.82) is 0 Å². The molecular weight excluding hydrogens is 202 g/mol. The first-order chi connectivity index (χ1) is 7.47. The number of amides is 2. The van der Waals surface area contributed by atoms with Gasteiger partial charge in [-0.25, -0.2) is 4.79 Å². The van der Waals surface area contributed by atoms with Crippen LogP contribution in [0, 0.1) is 5.92 Å². The second-order valence-corrected chi connectivity index (χ2v) is 5.78. The van der Waals surface area contributed by atoms with Gasteiger partial charge in [0.05, 0.1) is 11.6 Å². The van der Waals surface area contributed by atoms with E-state index in [1.165, 1.54) is 19.3 Å². The molecule has 16 heavy (non-hydrogen) atoms. The molecule has 0 bridgehead atoms. The molecule has 0 aromatic heterocycles. The van der Waals surface area contributed by atoms with Gasteiger partial charge in [0.1, 0.15) is 0 Å². The largest absolute Gasteiger partial charge is 0.328 e. The number of likely N-dealkylation sites (N-methyl/N-ethyl adjacent to an activating group) is 1. The Bertz CT molecular complexity index is 286. The number of hydrogen-bond donors (Lipinski definition) is 1. The number of rotatable bonds is 3. The first-order valence-electron chi connectivity index (χ1n) is 6.22. The molecule has 4 nitrogen and oxygen atoms in total. The van der Waals surface area contributed by atoms with Gasteiger partial charge in [-0.05, 0) is 32.6 Å². The molecule has 1 saturated heterocycles. The molecular formula is C12H23N3O. The molecule has 1 heterocycles. The summed E-state index contributed by atoms with van der Waals surface area (Å²) in [5.41, 5.74) is 5.53. The summed E-state index contributed by atoms with van der Waals surface area (Å²) in [5, 5.41) is 0. The van der Waals surface area contributed by atoms with Crippen molar-refractivity contribution >= 4 is 6.03 Å². The van der Waals surface area contributed by atoms with Crippen LogP contribution in [0.5, 0.6) is 0 Å². The van der Waals surface area contributed by atoms with Crippen LogP contribution in [-0.2, 0) is 0 Å². The Morgan fingerprint density at radius 3 is 2.50 bits per heavy atom. The van der Waals surface area contributed by atoms with Gasteiger partial charge in [0, 0.05) is 20.1 Å². The minimum atomic E-state index is -0.218. The Hall–Kier alpha value is -0.770. The van der Waals surface area contributed by atoms with Crippen LogP contribution < -0.4 is 5.73 Å². The van der Waals surface area contributed by atoms with E-state index in [0.717, 1.165) is 6.54 Å². The van der Waals surface area contributed by atoms with E-state index in [1.54, 1.807) is 0 Å². The highest BCUT2D eigenvalue weighted by atomic mass is 16.2. The van der Waals surface area contributed by atoms with Gasteiger partial charge in [-0.15, -0.1) is 0 Å². The average molecular weight is 225 g/mol. The summed E-state index contributed by atoms with van der Waals surface area (Å²) in [6.45, 7) is 5.46. The Balaban J connectivity index is 2.10. The van der Waals surface area contributed by atoms with Gasteiger partial charge in [0.15, 0.2) is 0 Å². The molecule has 0 aromatic carbocycles. The van der Waals surface area contributed by atoms with Crippen molar-refractivity contribution in [1.82, 2.24) is 9.80 Å². The van der Waals surface area contributed by atoms with Crippen LogP contribution >= 0.6 is 0 Å². The second kappa shape index (κ2) is 3.91. The summed E-state index contributed by atoms with van der Waals surface area (Å²) >= 11 is 0. The molecule has 1 atom stereocenters. The van der Waals surface area contributed by atoms with Crippen LogP contribution in [0.4, 0.5) is 4.79 Å². The topological polar surface area (TPSA) is 49.6 Å². The molecule has 2 amide bonds. The van der Waals surface area contributed by atoms with Gasteiger partial charge >= 0.3 is 6.03 Å². The quantitative estimate of drug-likeness (QED) is 0.786. The van der Waals surface area contributed by atoms with Crippen LogP contribution in [0.15, 0.2) is 0 Å². The molecule has 2 rings (SSSR count). The van der Waals surface area contributed by atoms with E-state index in [9.17, 15) is 4.79 Å². The van der Waals surface area contributed by atoms with E-state index in [2.05, 4.69) is 0 Å². The number of nitrogens with two attached hydrogens (primary N) is 1. The Morgan fingerprint density at radius 2 is 2.06 bits per heavy atom. The van der Waals surface area contributed by atoms with Crippen LogP contribution in [0.3, 0.4) is 0 Å². The van der Waals surface area contributed by atoms with Crippen molar-refractivity contribution in [3.8, 4) is 0 Å². The molecule has 2 aliphatic rings. The van der Waals surface area contributed by atoms with E-state index in [4.69, 9.17) is 5.73 Å². The smallest absolute Gasteiger partial charge is 0.320 e. The maximum atomic E-state index is 12.2. The lowest BCUT2D eigenvalue weighted by Crippen LogP contribution is -2.50. The minimum Gasteiger partial charge on any atom is -0.328 e. The summed E-state index contributed by atoms with van der Waals surface area (Å²) in [6, 6.07) is 0.555. The molecule has 1 unspecified atom stereocenters. The lowest BCUT2D eigenvalue weighted by atomic mass is 9.79. The van der Waals surface area contributed by atoms with Crippen LogP contribution in [0.1, 0.15) is 33.1 Å². The molecule has 92 valence electrons. The molecule has 4 heteroatoms. The highest BCUT2D eigenvalue weighted by molar-refractivity contribution is 5.77. The number of carbonyl (C=O) groups excluding carboxylic acids is 1. The molecule has 2 N–H and O–H groups in total. The zero-order valence-corrected chi connectivity index (χ0v) is 10.6. The van der Waals surface area contributed by atoms with Gasteiger partial charge in [0.25, 0.3) is 0 Å². The van der Waals surface area contributed by atoms with E-state index in [1.807, 2.05) is 30.7 Å². The zero-order valence-electron chi connectivity index (χ0n) is 10.6. The minimum absolute atomic E-state index is 0.146. The second-order valence-electron chi connectivity index (χ2n) is 5.78. The first kappa shape index (κ1) is 11.7. The van der Waals surface area contributed by atoms with Crippen LogP contribution in [0.25, 0.3) is 0 Å². The Morgan fingerprint density at radius 1 is 1.44 bits per heavy atom. The molecule has 1 aliphatic carbocycles. The number of nitrogens with zero attached hydrogens (tertiary/aromatic N) is 2.